The molecule has 0 saturated carbocycles. The van der Waals surface area contributed by atoms with Crippen LogP contribution in [0.15, 0.2) is 103 Å². The van der Waals surface area contributed by atoms with Crippen molar-refractivity contribution in [3.8, 4) is 5.75 Å². The number of aryl methyl sites for hydroxylation is 1. The van der Waals surface area contributed by atoms with Gasteiger partial charge in [-0.05, 0) is 66.8 Å². The maximum absolute atomic E-state index is 14.4. The molecule has 7 rings (SSSR count). The Bertz CT molecular complexity index is 1900. The molecule has 0 radical (unpaired) electrons. The second-order valence-electron chi connectivity index (χ2n) is 11.7. The number of hydrogen-bond donors (Lipinski definition) is 2. The number of carbonyl (C=O) groups excluding carboxylic acids is 3. The molecule has 45 heavy (non-hydrogen) atoms. The van der Waals surface area contributed by atoms with E-state index in [2.05, 4.69) is 22.4 Å². The molecule has 3 atom stereocenters. The summed E-state index contributed by atoms with van der Waals surface area (Å²) < 4.78 is 5.39. The first-order valence-electron chi connectivity index (χ1n) is 15.3. The standard InChI is InChI=1S/C37H34N4O4/c1-23(16-17-24-10-4-3-5-11-24)38-35(42)28-13-7-9-15-31(28)41-36(43)32-22-29-27-12-6-8-14-30(27)39-33(29)34(40(32)37(41)44)25-18-20-26(45-2)21-19-25/h3-15,18-21,23,32,34,39H,16-17,22H2,1-2H3,(H,38,42)/t23-,32+,34-/m1/s1. The maximum Gasteiger partial charge on any atom is 0.332 e. The van der Waals surface area contributed by atoms with Gasteiger partial charge in [-0.15, -0.1) is 0 Å². The first-order valence-corrected chi connectivity index (χ1v) is 15.3. The fourth-order valence-electron chi connectivity index (χ4n) is 6.69. The number of H-pyrrole nitrogens is 1. The van der Waals surface area contributed by atoms with Crippen molar-refractivity contribution in [2.45, 2.75) is 44.3 Å². The minimum atomic E-state index is -0.725. The third-order valence-corrected chi connectivity index (χ3v) is 8.96. The Balaban J connectivity index is 1.22. The summed E-state index contributed by atoms with van der Waals surface area (Å²) in [5, 5.41) is 4.12. The number of nitrogens with one attached hydrogen (secondary N) is 2. The first kappa shape index (κ1) is 28.4. The van der Waals surface area contributed by atoms with Crippen molar-refractivity contribution in [1.29, 1.82) is 0 Å². The molecule has 0 aliphatic carbocycles. The molecule has 3 heterocycles. The smallest absolute Gasteiger partial charge is 0.332 e. The summed E-state index contributed by atoms with van der Waals surface area (Å²) in [6.07, 6.45) is 1.95. The number of nitrogens with zero attached hydrogens (tertiary/aromatic N) is 2. The molecule has 0 unspecified atom stereocenters. The number of anilines is 1. The molecule has 0 bridgehead atoms. The van der Waals surface area contributed by atoms with E-state index in [4.69, 9.17) is 4.74 Å². The van der Waals surface area contributed by atoms with E-state index in [0.29, 0.717) is 12.2 Å². The molecule has 2 aliphatic heterocycles. The van der Waals surface area contributed by atoms with E-state index in [1.807, 2.05) is 73.7 Å². The van der Waals surface area contributed by atoms with Gasteiger partial charge in [-0.25, -0.2) is 9.69 Å². The van der Waals surface area contributed by atoms with Crippen LogP contribution in [0, 0.1) is 0 Å². The second kappa shape index (κ2) is 11.6. The highest BCUT2D eigenvalue weighted by molar-refractivity contribution is 6.24. The van der Waals surface area contributed by atoms with Crippen LogP contribution in [0.25, 0.3) is 10.9 Å². The number of fused-ring (bicyclic) bond motifs is 4. The maximum atomic E-state index is 14.4. The number of carbonyl (C=O) groups is 3. The van der Waals surface area contributed by atoms with Crippen molar-refractivity contribution in [1.82, 2.24) is 15.2 Å². The van der Waals surface area contributed by atoms with Gasteiger partial charge in [0, 0.05) is 29.1 Å². The molecule has 2 N–H and O–H groups in total. The van der Waals surface area contributed by atoms with E-state index in [1.54, 1.807) is 36.3 Å². The number of rotatable bonds is 8. The third-order valence-electron chi connectivity index (χ3n) is 8.96. The number of benzene rings is 4. The molecule has 1 aromatic heterocycles. The number of urea groups is 1. The molecule has 4 aromatic carbocycles. The summed E-state index contributed by atoms with van der Waals surface area (Å²) in [6, 6.07) is 30.8. The molecule has 1 saturated heterocycles. The van der Waals surface area contributed by atoms with Gasteiger partial charge in [0.25, 0.3) is 11.8 Å². The zero-order chi connectivity index (χ0) is 31.1. The van der Waals surface area contributed by atoms with Gasteiger partial charge >= 0.3 is 6.03 Å². The molecule has 5 aromatic rings. The lowest BCUT2D eigenvalue weighted by molar-refractivity contribution is -0.120. The van der Waals surface area contributed by atoms with Gasteiger partial charge in [0.1, 0.15) is 17.8 Å². The van der Waals surface area contributed by atoms with Crippen LogP contribution in [0.3, 0.4) is 0 Å². The van der Waals surface area contributed by atoms with Crippen LogP contribution in [-0.2, 0) is 17.6 Å². The van der Waals surface area contributed by atoms with Gasteiger partial charge in [-0.1, -0.05) is 72.8 Å². The predicted octanol–water partition coefficient (Wildman–Crippen LogP) is 6.41. The van der Waals surface area contributed by atoms with Crippen molar-refractivity contribution >= 4 is 34.4 Å². The van der Waals surface area contributed by atoms with Crippen LogP contribution in [0.4, 0.5) is 10.5 Å². The number of imide groups is 1. The minimum absolute atomic E-state index is 0.111. The Hall–Kier alpha value is -5.37. The molecule has 4 amide bonds. The average molecular weight is 599 g/mol. The molecular formula is C37H34N4O4. The average Bonchev–Trinajstić information content (AvgIpc) is 3.57. The number of para-hydroxylation sites is 2. The molecule has 8 nitrogen and oxygen atoms in total. The summed E-state index contributed by atoms with van der Waals surface area (Å²) in [4.78, 5) is 48.7. The number of amides is 4. The Morgan fingerprint density at radius 1 is 0.933 bits per heavy atom. The van der Waals surface area contributed by atoms with Crippen LogP contribution in [-0.4, -0.2) is 46.9 Å². The third kappa shape index (κ3) is 5.02. The fourth-order valence-corrected chi connectivity index (χ4v) is 6.69. The number of aromatic amines is 1. The van der Waals surface area contributed by atoms with Crippen LogP contribution in [0.5, 0.6) is 5.75 Å². The van der Waals surface area contributed by atoms with E-state index in [9.17, 15) is 14.4 Å². The fraction of sp³-hybridized carbons (Fsp3) is 0.216. The van der Waals surface area contributed by atoms with Crippen molar-refractivity contribution in [2.24, 2.45) is 0 Å². The lowest BCUT2D eigenvalue weighted by Gasteiger charge is -2.36. The minimum Gasteiger partial charge on any atom is -0.497 e. The van der Waals surface area contributed by atoms with Crippen molar-refractivity contribution in [3.63, 3.8) is 0 Å². The Morgan fingerprint density at radius 2 is 1.64 bits per heavy atom. The highest BCUT2D eigenvalue weighted by atomic mass is 16.5. The zero-order valence-electron chi connectivity index (χ0n) is 25.2. The van der Waals surface area contributed by atoms with Gasteiger partial charge in [0.05, 0.1) is 18.4 Å². The Kier molecular flexibility index (Phi) is 7.33. The molecule has 8 heteroatoms. The van der Waals surface area contributed by atoms with Crippen molar-refractivity contribution in [2.75, 3.05) is 12.0 Å². The SMILES string of the molecule is COc1ccc([C@@H]2c3[nH]c4ccccc4c3C[C@H]3C(=O)N(c4ccccc4C(=O)N[C@H](C)CCc4ccccc4)C(=O)N23)cc1. The van der Waals surface area contributed by atoms with Gasteiger partial charge in [0.2, 0.25) is 0 Å². The van der Waals surface area contributed by atoms with Crippen LogP contribution in [0.1, 0.15) is 52.1 Å². The molecule has 2 aliphatic rings. The van der Waals surface area contributed by atoms with E-state index in [-0.39, 0.29) is 29.1 Å². The first-order chi connectivity index (χ1) is 21.9. The van der Waals surface area contributed by atoms with Gasteiger partial charge in [-0.3, -0.25) is 14.5 Å². The largest absolute Gasteiger partial charge is 0.497 e. The monoisotopic (exact) mass is 598 g/mol. The summed E-state index contributed by atoms with van der Waals surface area (Å²) in [5.41, 5.74) is 5.50. The summed E-state index contributed by atoms with van der Waals surface area (Å²) in [5.74, 6) is 0.0396. The number of methoxy groups -OCH3 is 1. The van der Waals surface area contributed by atoms with E-state index in [1.165, 1.54) is 10.5 Å². The van der Waals surface area contributed by atoms with E-state index >= 15 is 0 Å². The van der Waals surface area contributed by atoms with Gasteiger partial charge in [0.15, 0.2) is 0 Å². The molecule has 1 fully saturated rings. The van der Waals surface area contributed by atoms with Crippen molar-refractivity contribution < 1.29 is 19.1 Å². The highest BCUT2D eigenvalue weighted by Crippen LogP contribution is 2.45. The van der Waals surface area contributed by atoms with Gasteiger partial charge in [-0.2, -0.15) is 0 Å². The van der Waals surface area contributed by atoms with Crippen LogP contribution in [0.2, 0.25) is 0 Å². The Morgan fingerprint density at radius 3 is 2.42 bits per heavy atom. The van der Waals surface area contributed by atoms with E-state index < -0.39 is 18.1 Å². The van der Waals surface area contributed by atoms with Crippen molar-refractivity contribution in [3.05, 3.63) is 131 Å². The molecule has 0 spiro atoms. The topological polar surface area (TPSA) is 94.7 Å². The summed E-state index contributed by atoms with van der Waals surface area (Å²) >= 11 is 0. The quantitative estimate of drug-likeness (QED) is 0.202. The van der Waals surface area contributed by atoms with Crippen LogP contribution >= 0.6 is 0 Å². The second-order valence-corrected chi connectivity index (χ2v) is 11.7. The normalized spacial score (nSPS) is 18.1. The lowest BCUT2D eigenvalue weighted by Crippen LogP contribution is -2.44. The number of aromatic nitrogens is 1. The lowest BCUT2D eigenvalue weighted by atomic mass is 9.89. The van der Waals surface area contributed by atoms with E-state index in [0.717, 1.165) is 40.6 Å². The summed E-state index contributed by atoms with van der Waals surface area (Å²) in [7, 11) is 1.61. The van der Waals surface area contributed by atoms with Crippen LogP contribution < -0.4 is 15.0 Å². The summed E-state index contributed by atoms with van der Waals surface area (Å²) in [6.45, 7) is 1.97. The predicted molar refractivity (Wildman–Crippen MR) is 173 cm³/mol. The molecular weight excluding hydrogens is 564 g/mol. The molecule has 226 valence electrons. The van der Waals surface area contributed by atoms with Gasteiger partial charge < -0.3 is 15.0 Å². The highest BCUT2D eigenvalue weighted by Gasteiger charge is 2.53. The Labute approximate surface area is 261 Å². The number of ether oxygens (including phenoxy) is 1. The number of hydrogen-bond acceptors (Lipinski definition) is 4. The zero-order valence-corrected chi connectivity index (χ0v) is 25.2.